The lowest BCUT2D eigenvalue weighted by atomic mass is 10.2. The van der Waals surface area contributed by atoms with Crippen molar-refractivity contribution in [1.29, 1.82) is 0 Å². The van der Waals surface area contributed by atoms with Crippen LogP contribution in [0.3, 0.4) is 0 Å². The van der Waals surface area contributed by atoms with E-state index < -0.39 is 0 Å². The van der Waals surface area contributed by atoms with E-state index in [0.717, 1.165) is 9.13 Å². The van der Waals surface area contributed by atoms with Crippen LogP contribution in [0.15, 0.2) is 41.3 Å². The molecule has 31 heavy (non-hydrogen) atoms. The topological polar surface area (TPSA) is 67.9 Å². The molecule has 0 spiro atoms. The Morgan fingerprint density at radius 3 is 2.65 bits per heavy atom. The summed E-state index contributed by atoms with van der Waals surface area (Å²) in [5, 5.41) is 3.33. The van der Waals surface area contributed by atoms with Gasteiger partial charge in [0.2, 0.25) is 0 Å². The minimum Gasteiger partial charge on any atom is -0.493 e. The van der Waals surface area contributed by atoms with Crippen LogP contribution in [0.25, 0.3) is 6.08 Å². The van der Waals surface area contributed by atoms with Gasteiger partial charge in [-0.15, -0.1) is 0 Å². The number of halogens is 2. The molecule has 0 radical (unpaired) electrons. The highest BCUT2D eigenvalue weighted by Gasteiger charge is 2.30. The predicted octanol–water partition coefficient (Wildman–Crippen LogP) is 5.19. The second-order valence-corrected chi connectivity index (χ2v) is 9.58. The van der Waals surface area contributed by atoms with Crippen molar-refractivity contribution in [2.45, 2.75) is 6.92 Å². The lowest BCUT2D eigenvalue weighted by Gasteiger charge is -2.14. The third-order valence-electron chi connectivity index (χ3n) is 4.21. The van der Waals surface area contributed by atoms with Gasteiger partial charge in [0.05, 0.1) is 15.6 Å². The summed E-state index contributed by atoms with van der Waals surface area (Å²) in [6.45, 7) is 2.23. The van der Waals surface area contributed by atoms with E-state index in [1.54, 1.807) is 41.3 Å². The van der Waals surface area contributed by atoms with Crippen molar-refractivity contribution >= 4 is 86.1 Å². The zero-order valence-corrected chi connectivity index (χ0v) is 21.2. The van der Waals surface area contributed by atoms with Crippen LogP contribution in [0.5, 0.6) is 11.5 Å². The molecule has 162 valence electrons. The molecule has 1 aliphatic rings. The van der Waals surface area contributed by atoms with E-state index in [1.807, 2.05) is 13.0 Å². The number of thiocarbonyl (C=S) groups is 1. The number of likely N-dealkylation sites (N-methyl/N-ethyl adjacent to an activating group) is 1. The first-order valence-electron chi connectivity index (χ1n) is 9.13. The third kappa shape index (κ3) is 5.91. The molecule has 1 saturated heterocycles. The Labute approximate surface area is 208 Å². The maximum Gasteiger partial charge on any atom is 0.266 e. The summed E-state index contributed by atoms with van der Waals surface area (Å²) < 4.78 is 12.5. The molecular weight excluding hydrogens is 571 g/mol. The van der Waals surface area contributed by atoms with Gasteiger partial charge in [-0.1, -0.05) is 35.6 Å². The Bertz CT molecular complexity index is 1060. The predicted molar refractivity (Wildman–Crippen MR) is 137 cm³/mol. The van der Waals surface area contributed by atoms with Crippen molar-refractivity contribution in [3.63, 3.8) is 0 Å². The number of amides is 2. The van der Waals surface area contributed by atoms with Crippen molar-refractivity contribution in [2.24, 2.45) is 0 Å². The molecule has 1 N–H and O–H groups in total. The first-order chi connectivity index (χ1) is 14.8. The highest BCUT2D eigenvalue weighted by molar-refractivity contribution is 14.1. The summed E-state index contributed by atoms with van der Waals surface area (Å²) in [7, 11) is 1.52. The van der Waals surface area contributed by atoms with E-state index in [4.69, 9.17) is 33.3 Å². The Hall–Kier alpha value is -1.82. The van der Waals surface area contributed by atoms with Crippen LogP contribution in [-0.4, -0.2) is 41.3 Å². The van der Waals surface area contributed by atoms with Gasteiger partial charge < -0.3 is 14.8 Å². The molecule has 0 aromatic heterocycles. The van der Waals surface area contributed by atoms with Gasteiger partial charge in [0.15, 0.2) is 18.1 Å². The summed E-state index contributed by atoms with van der Waals surface area (Å²) >= 11 is 14.5. The summed E-state index contributed by atoms with van der Waals surface area (Å²) in [5.74, 6) is 0.495. The fraction of sp³-hybridized carbons (Fsp3) is 0.190. The zero-order valence-electron chi connectivity index (χ0n) is 16.6. The Balaban J connectivity index is 1.73. The summed E-state index contributed by atoms with van der Waals surface area (Å²) in [4.78, 5) is 26.8. The number of nitrogens with zero attached hydrogens (tertiary/aromatic N) is 1. The van der Waals surface area contributed by atoms with E-state index in [0.29, 0.717) is 38.0 Å². The van der Waals surface area contributed by atoms with Gasteiger partial charge >= 0.3 is 0 Å². The van der Waals surface area contributed by atoms with Gasteiger partial charge in [-0.25, -0.2) is 0 Å². The lowest BCUT2D eigenvalue weighted by Crippen LogP contribution is -2.27. The number of thioether (sulfide) groups is 1. The molecule has 3 rings (SSSR count). The van der Waals surface area contributed by atoms with E-state index >= 15 is 0 Å². The lowest BCUT2D eigenvalue weighted by molar-refractivity contribution is -0.122. The molecule has 1 aliphatic heterocycles. The van der Waals surface area contributed by atoms with Crippen LogP contribution in [0.4, 0.5) is 5.69 Å². The maximum absolute atomic E-state index is 12.4. The monoisotopic (exact) mass is 588 g/mol. The number of benzene rings is 2. The zero-order chi connectivity index (χ0) is 22.5. The fourth-order valence-corrected chi connectivity index (χ4v) is 5.05. The minimum atomic E-state index is -0.313. The number of anilines is 1. The molecule has 10 heteroatoms. The molecule has 6 nitrogen and oxygen atoms in total. The fourth-order valence-electron chi connectivity index (χ4n) is 2.76. The minimum absolute atomic E-state index is 0.106. The normalized spacial score (nSPS) is 14.8. The van der Waals surface area contributed by atoms with E-state index in [2.05, 4.69) is 27.9 Å². The summed E-state index contributed by atoms with van der Waals surface area (Å²) in [5.41, 5.74) is 1.40. The van der Waals surface area contributed by atoms with Crippen molar-refractivity contribution in [2.75, 3.05) is 25.6 Å². The standard InChI is InChI=1S/C21H18ClIN2O4S2/c1-3-25-20(27)17(31-21(25)30)10-12-8-15(23)19(16(9-12)28-2)29-11-18(26)24-14-6-4-13(22)5-7-14/h4-10H,3,11H2,1-2H3,(H,24,26)/b17-10-. The van der Waals surface area contributed by atoms with Crippen LogP contribution < -0.4 is 14.8 Å². The maximum atomic E-state index is 12.4. The molecule has 1 fully saturated rings. The van der Waals surface area contributed by atoms with Gasteiger partial charge in [-0.3, -0.25) is 14.5 Å². The average Bonchev–Trinajstić information content (AvgIpc) is 3.00. The third-order valence-corrected chi connectivity index (χ3v) is 6.65. The van der Waals surface area contributed by atoms with Crippen molar-refractivity contribution in [1.82, 2.24) is 4.90 Å². The molecule has 1 heterocycles. The Morgan fingerprint density at radius 2 is 2.03 bits per heavy atom. The summed E-state index contributed by atoms with van der Waals surface area (Å²) in [6.07, 6.45) is 1.77. The number of methoxy groups -OCH3 is 1. The first-order valence-corrected chi connectivity index (χ1v) is 11.8. The molecule has 0 bridgehead atoms. The average molecular weight is 589 g/mol. The van der Waals surface area contributed by atoms with Crippen molar-refractivity contribution < 1.29 is 19.1 Å². The smallest absolute Gasteiger partial charge is 0.266 e. The van der Waals surface area contributed by atoms with E-state index in [-0.39, 0.29) is 18.4 Å². The number of ether oxygens (including phenoxy) is 2. The quantitative estimate of drug-likeness (QED) is 0.273. The highest BCUT2D eigenvalue weighted by atomic mass is 127. The second kappa shape index (κ2) is 10.7. The number of nitrogens with one attached hydrogen (secondary N) is 1. The second-order valence-electron chi connectivity index (χ2n) is 6.30. The SMILES string of the molecule is CCN1C(=O)/C(=C/c2cc(I)c(OCC(=O)Nc3ccc(Cl)cc3)c(OC)c2)SC1=S. The van der Waals surface area contributed by atoms with Gasteiger partial charge in [-0.05, 0) is 77.6 Å². The van der Waals surface area contributed by atoms with Gasteiger partial charge in [0.1, 0.15) is 4.32 Å². The van der Waals surface area contributed by atoms with Crippen LogP contribution in [0.2, 0.25) is 5.02 Å². The van der Waals surface area contributed by atoms with Crippen LogP contribution >= 0.6 is 58.2 Å². The van der Waals surface area contributed by atoms with Crippen LogP contribution in [0, 0.1) is 3.57 Å². The number of carbonyl (C=O) groups excluding carboxylic acids is 2. The summed E-state index contributed by atoms with van der Waals surface area (Å²) in [6, 6.07) is 10.4. The molecular formula is C21H18ClIN2O4S2. The van der Waals surface area contributed by atoms with E-state index in [1.165, 1.54) is 18.9 Å². The number of hydrogen-bond donors (Lipinski definition) is 1. The Morgan fingerprint density at radius 1 is 1.32 bits per heavy atom. The van der Waals surface area contributed by atoms with Crippen LogP contribution in [-0.2, 0) is 9.59 Å². The molecule has 0 aliphatic carbocycles. The largest absolute Gasteiger partial charge is 0.493 e. The van der Waals surface area contributed by atoms with Crippen molar-refractivity contribution in [3.05, 3.63) is 55.5 Å². The van der Waals surface area contributed by atoms with Crippen LogP contribution in [0.1, 0.15) is 12.5 Å². The molecule has 0 saturated carbocycles. The molecule has 2 aromatic rings. The van der Waals surface area contributed by atoms with Gasteiger partial charge in [0, 0.05) is 17.3 Å². The Kier molecular flexibility index (Phi) is 8.20. The van der Waals surface area contributed by atoms with E-state index in [9.17, 15) is 9.59 Å². The molecule has 0 unspecified atom stereocenters. The highest BCUT2D eigenvalue weighted by Crippen LogP contribution is 2.37. The number of rotatable bonds is 7. The molecule has 2 aromatic carbocycles. The first kappa shape index (κ1) is 23.8. The number of carbonyl (C=O) groups is 2. The van der Waals surface area contributed by atoms with Crippen molar-refractivity contribution in [3.8, 4) is 11.5 Å². The molecule has 0 atom stereocenters. The van der Waals surface area contributed by atoms with Gasteiger partial charge in [-0.2, -0.15) is 0 Å². The van der Waals surface area contributed by atoms with Gasteiger partial charge in [0.25, 0.3) is 11.8 Å². The molecule has 2 amide bonds. The number of hydrogen-bond acceptors (Lipinski definition) is 6.